The van der Waals surface area contributed by atoms with E-state index in [0.29, 0.717) is 18.1 Å². The number of carbonyl (C=O) groups excluding carboxylic acids is 2. The number of carbonyl (C=O) groups is 2. The molecular weight excluding hydrogens is 306 g/mol. The molecule has 2 amide bonds. The molecule has 0 spiro atoms. The highest BCUT2D eigenvalue weighted by Crippen LogP contribution is 2.19. The zero-order valence-corrected chi connectivity index (χ0v) is 14.5. The summed E-state index contributed by atoms with van der Waals surface area (Å²) in [6.07, 6.45) is 3.82. The Morgan fingerprint density at radius 2 is 1.88 bits per heavy atom. The molecule has 0 bridgehead atoms. The van der Waals surface area contributed by atoms with Gasteiger partial charge in [-0.1, -0.05) is 0 Å². The van der Waals surface area contributed by atoms with E-state index in [0.717, 1.165) is 38.0 Å². The fraction of sp³-hybridized carbons (Fsp3) is 0.556. The standard InChI is InChI=1S/C18H27N3O3/c1-21(2)18(23)13-24-16-6-4-15(5-7-16)20-17(22)8-3-14-9-11-19-12-10-14/h4-7,14,19H,3,8-13H2,1-2H3,(H,20,22). The van der Waals surface area contributed by atoms with Crippen molar-refractivity contribution in [3.8, 4) is 5.75 Å². The minimum atomic E-state index is -0.0923. The van der Waals surface area contributed by atoms with Crippen molar-refractivity contribution < 1.29 is 14.3 Å². The van der Waals surface area contributed by atoms with Gasteiger partial charge >= 0.3 is 0 Å². The van der Waals surface area contributed by atoms with Crippen molar-refractivity contribution >= 4 is 17.5 Å². The molecule has 0 atom stereocenters. The maximum Gasteiger partial charge on any atom is 0.259 e. The second-order valence-corrected chi connectivity index (χ2v) is 6.38. The van der Waals surface area contributed by atoms with Crippen LogP contribution < -0.4 is 15.4 Å². The van der Waals surface area contributed by atoms with Crippen molar-refractivity contribution in [2.75, 3.05) is 39.1 Å². The molecule has 1 saturated heterocycles. The van der Waals surface area contributed by atoms with Crippen LogP contribution in [-0.4, -0.2) is 50.5 Å². The Morgan fingerprint density at radius 1 is 1.21 bits per heavy atom. The van der Waals surface area contributed by atoms with Gasteiger partial charge in [0.05, 0.1) is 0 Å². The summed E-state index contributed by atoms with van der Waals surface area (Å²) in [6, 6.07) is 7.09. The molecule has 2 rings (SSSR count). The van der Waals surface area contributed by atoms with Gasteiger partial charge < -0.3 is 20.3 Å². The van der Waals surface area contributed by atoms with Gasteiger partial charge in [0, 0.05) is 26.2 Å². The summed E-state index contributed by atoms with van der Waals surface area (Å²) in [6.45, 7) is 2.13. The number of hydrogen-bond acceptors (Lipinski definition) is 4. The summed E-state index contributed by atoms with van der Waals surface area (Å²) in [5.41, 5.74) is 0.747. The zero-order chi connectivity index (χ0) is 17.4. The molecule has 1 aliphatic heterocycles. The second kappa shape index (κ2) is 9.27. The Kier molecular flexibility index (Phi) is 7.06. The largest absolute Gasteiger partial charge is 0.484 e. The summed E-state index contributed by atoms with van der Waals surface area (Å²) in [4.78, 5) is 25.0. The lowest BCUT2D eigenvalue weighted by Gasteiger charge is -2.22. The van der Waals surface area contributed by atoms with Gasteiger partial charge in [-0.25, -0.2) is 0 Å². The summed E-state index contributed by atoms with van der Waals surface area (Å²) >= 11 is 0. The van der Waals surface area contributed by atoms with Crippen LogP contribution in [0.5, 0.6) is 5.75 Å². The van der Waals surface area contributed by atoms with Crippen molar-refractivity contribution in [1.82, 2.24) is 10.2 Å². The van der Waals surface area contributed by atoms with Crippen LogP contribution in [0.15, 0.2) is 24.3 Å². The first kappa shape index (κ1) is 18.3. The lowest BCUT2D eigenvalue weighted by molar-refractivity contribution is -0.130. The van der Waals surface area contributed by atoms with E-state index in [2.05, 4.69) is 10.6 Å². The Morgan fingerprint density at radius 3 is 2.50 bits per heavy atom. The summed E-state index contributed by atoms with van der Waals surface area (Å²) < 4.78 is 5.41. The molecule has 0 saturated carbocycles. The van der Waals surface area contributed by atoms with Gasteiger partial charge in [-0.3, -0.25) is 9.59 Å². The molecule has 24 heavy (non-hydrogen) atoms. The van der Waals surface area contributed by atoms with E-state index in [9.17, 15) is 9.59 Å². The third-order valence-electron chi connectivity index (χ3n) is 4.24. The Labute approximate surface area is 143 Å². The van der Waals surface area contributed by atoms with Crippen LogP contribution in [0, 0.1) is 5.92 Å². The number of piperidine rings is 1. The molecular formula is C18H27N3O3. The van der Waals surface area contributed by atoms with Crippen LogP contribution >= 0.6 is 0 Å². The zero-order valence-electron chi connectivity index (χ0n) is 14.5. The van der Waals surface area contributed by atoms with Crippen LogP contribution in [0.4, 0.5) is 5.69 Å². The molecule has 6 heteroatoms. The SMILES string of the molecule is CN(C)C(=O)COc1ccc(NC(=O)CCC2CCNCC2)cc1. The Bertz CT molecular complexity index is 537. The molecule has 1 aromatic carbocycles. The summed E-state index contributed by atoms with van der Waals surface area (Å²) in [5.74, 6) is 1.22. The molecule has 1 heterocycles. The second-order valence-electron chi connectivity index (χ2n) is 6.38. The van der Waals surface area contributed by atoms with Gasteiger partial charge in [-0.05, 0) is 62.5 Å². The number of likely N-dealkylation sites (N-methyl/N-ethyl adjacent to an activating group) is 1. The first-order valence-corrected chi connectivity index (χ1v) is 8.48. The predicted molar refractivity (Wildman–Crippen MR) is 94.1 cm³/mol. The first-order chi connectivity index (χ1) is 11.5. The molecule has 1 aromatic rings. The number of rotatable bonds is 7. The van der Waals surface area contributed by atoms with Crippen LogP contribution in [0.2, 0.25) is 0 Å². The Hall–Kier alpha value is -2.08. The predicted octanol–water partition coefficient (Wildman–Crippen LogP) is 1.87. The number of benzene rings is 1. The van der Waals surface area contributed by atoms with Crippen LogP contribution in [0.1, 0.15) is 25.7 Å². The lowest BCUT2D eigenvalue weighted by atomic mass is 9.93. The van der Waals surface area contributed by atoms with E-state index in [1.165, 1.54) is 4.90 Å². The normalized spacial score (nSPS) is 14.9. The van der Waals surface area contributed by atoms with Gasteiger partial charge in [-0.15, -0.1) is 0 Å². The van der Waals surface area contributed by atoms with Gasteiger partial charge in [0.15, 0.2) is 6.61 Å². The maximum absolute atomic E-state index is 12.0. The van der Waals surface area contributed by atoms with Crippen molar-refractivity contribution in [1.29, 1.82) is 0 Å². The van der Waals surface area contributed by atoms with Crippen LogP contribution in [0.25, 0.3) is 0 Å². The molecule has 0 unspecified atom stereocenters. The smallest absolute Gasteiger partial charge is 0.259 e. The molecule has 0 aromatic heterocycles. The highest BCUT2D eigenvalue weighted by molar-refractivity contribution is 5.90. The topological polar surface area (TPSA) is 70.7 Å². The third-order valence-corrected chi connectivity index (χ3v) is 4.24. The lowest BCUT2D eigenvalue weighted by Crippen LogP contribution is -2.28. The summed E-state index contributed by atoms with van der Waals surface area (Å²) in [7, 11) is 3.38. The molecule has 0 aliphatic carbocycles. The number of ether oxygens (including phenoxy) is 1. The highest BCUT2D eigenvalue weighted by Gasteiger charge is 2.14. The van der Waals surface area contributed by atoms with E-state index in [1.54, 1.807) is 38.4 Å². The average molecular weight is 333 g/mol. The monoisotopic (exact) mass is 333 g/mol. The van der Waals surface area contributed by atoms with E-state index < -0.39 is 0 Å². The number of hydrogen-bond donors (Lipinski definition) is 2. The van der Waals surface area contributed by atoms with E-state index in [4.69, 9.17) is 4.74 Å². The molecule has 1 fully saturated rings. The maximum atomic E-state index is 12.0. The molecule has 0 radical (unpaired) electrons. The quantitative estimate of drug-likeness (QED) is 0.799. The fourth-order valence-electron chi connectivity index (χ4n) is 2.64. The van der Waals surface area contributed by atoms with Crippen LogP contribution in [-0.2, 0) is 9.59 Å². The van der Waals surface area contributed by atoms with E-state index in [-0.39, 0.29) is 18.4 Å². The minimum Gasteiger partial charge on any atom is -0.484 e. The van der Waals surface area contributed by atoms with Gasteiger partial charge in [0.2, 0.25) is 5.91 Å². The van der Waals surface area contributed by atoms with Gasteiger partial charge in [0.1, 0.15) is 5.75 Å². The fourth-order valence-corrected chi connectivity index (χ4v) is 2.64. The van der Waals surface area contributed by atoms with Crippen molar-refractivity contribution in [3.63, 3.8) is 0 Å². The van der Waals surface area contributed by atoms with Crippen molar-refractivity contribution in [3.05, 3.63) is 24.3 Å². The van der Waals surface area contributed by atoms with Gasteiger partial charge in [0.25, 0.3) is 5.91 Å². The van der Waals surface area contributed by atoms with Crippen LogP contribution in [0.3, 0.4) is 0 Å². The first-order valence-electron chi connectivity index (χ1n) is 8.48. The van der Waals surface area contributed by atoms with Gasteiger partial charge in [-0.2, -0.15) is 0 Å². The van der Waals surface area contributed by atoms with Crippen molar-refractivity contribution in [2.24, 2.45) is 5.92 Å². The molecule has 2 N–H and O–H groups in total. The minimum absolute atomic E-state index is 0.00888. The van der Waals surface area contributed by atoms with E-state index >= 15 is 0 Å². The molecule has 1 aliphatic rings. The number of anilines is 1. The Balaban J connectivity index is 1.72. The molecule has 132 valence electrons. The van der Waals surface area contributed by atoms with Crippen molar-refractivity contribution in [2.45, 2.75) is 25.7 Å². The number of amides is 2. The summed E-state index contributed by atoms with van der Waals surface area (Å²) in [5, 5.41) is 6.24. The third kappa shape index (κ3) is 6.20. The molecule has 6 nitrogen and oxygen atoms in total. The highest BCUT2D eigenvalue weighted by atomic mass is 16.5. The van der Waals surface area contributed by atoms with E-state index in [1.807, 2.05) is 0 Å². The number of nitrogens with zero attached hydrogens (tertiary/aromatic N) is 1. The number of nitrogens with one attached hydrogen (secondary N) is 2. The average Bonchev–Trinajstić information content (AvgIpc) is 2.60.